The summed E-state index contributed by atoms with van der Waals surface area (Å²) in [5.41, 5.74) is 0.979. The molecule has 0 amide bonds. The van der Waals surface area contributed by atoms with Gasteiger partial charge in [0.25, 0.3) is 0 Å². The minimum atomic E-state index is -0.247. The Balaban J connectivity index is 2.86. The molecule has 0 aliphatic heterocycles. The SMILES string of the molecule is CC[C@H](C)c1cncc(F)c1. The van der Waals surface area contributed by atoms with E-state index < -0.39 is 0 Å². The van der Waals surface area contributed by atoms with Crippen molar-refractivity contribution >= 4 is 0 Å². The molecule has 0 saturated carbocycles. The highest BCUT2D eigenvalue weighted by Gasteiger charge is 2.03. The highest BCUT2D eigenvalue weighted by atomic mass is 19.1. The molecule has 11 heavy (non-hydrogen) atoms. The minimum absolute atomic E-state index is 0.247. The molecule has 1 aromatic heterocycles. The van der Waals surface area contributed by atoms with E-state index in [2.05, 4.69) is 18.8 Å². The fourth-order valence-electron chi connectivity index (χ4n) is 0.933. The number of nitrogens with zero attached hydrogens (tertiary/aromatic N) is 1. The minimum Gasteiger partial charge on any atom is -0.261 e. The summed E-state index contributed by atoms with van der Waals surface area (Å²) in [6.07, 6.45) is 3.97. The van der Waals surface area contributed by atoms with Crippen LogP contribution in [0.5, 0.6) is 0 Å². The molecule has 1 rings (SSSR count). The molecule has 1 atom stereocenters. The van der Waals surface area contributed by atoms with Crippen molar-refractivity contribution in [3.8, 4) is 0 Å². The van der Waals surface area contributed by atoms with Gasteiger partial charge in [0.15, 0.2) is 0 Å². The van der Waals surface area contributed by atoms with Crippen molar-refractivity contribution in [3.63, 3.8) is 0 Å². The van der Waals surface area contributed by atoms with Gasteiger partial charge in [-0.15, -0.1) is 0 Å². The van der Waals surface area contributed by atoms with Crippen molar-refractivity contribution in [2.75, 3.05) is 0 Å². The van der Waals surface area contributed by atoms with E-state index in [1.807, 2.05) is 0 Å². The molecule has 0 spiro atoms. The number of rotatable bonds is 2. The Morgan fingerprint density at radius 1 is 1.55 bits per heavy atom. The molecule has 0 N–H and O–H groups in total. The lowest BCUT2D eigenvalue weighted by Crippen LogP contribution is -1.92. The van der Waals surface area contributed by atoms with Gasteiger partial charge in [0.2, 0.25) is 0 Å². The second-order valence-electron chi connectivity index (χ2n) is 2.75. The van der Waals surface area contributed by atoms with Gasteiger partial charge in [0.1, 0.15) is 5.82 Å². The van der Waals surface area contributed by atoms with Crippen LogP contribution in [-0.4, -0.2) is 4.98 Å². The van der Waals surface area contributed by atoms with Gasteiger partial charge in [-0.2, -0.15) is 0 Å². The summed E-state index contributed by atoms with van der Waals surface area (Å²) in [6, 6.07) is 1.54. The number of halogens is 1. The van der Waals surface area contributed by atoms with Gasteiger partial charge in [-0.1, -0.05) is 13.8 Å². The van der Waals surface area contributed by atoms with Crippen molar-refractivity contribution in [1.82, 2.24) is 4.98 Å². The standard InChI is InChI=1S/C9H12FN/c1-3-7(2)8-4-9(10)6-11-5-8/h4-7H,3H2,1-2H3/t7-/m0/s1. The van der Waals surface area contributed by atoms with E-state index in [-0.39, 0.29) is 5.82 Å². The summed E-state index contributed by atoms with van der Waals surface area (Å²) in [6.45, 7) is 4.14. The average Bonchev–Trinajstić information content (AvgIpc) is 2.03. The first-order valence-electron chi connectivity index (χ1n) is 3.84. The molecule has 0 aromatic carbocycles. The molecule has 1 heterocycles. The predicted molar refractivity (Wildman–Crippen MR) is 42.9 cm³/mol. The summed E-state index contributed by atoms with van der Waals surface area (Å²) in [5.74, 6) is 0.154. The lowest BCUT2D eigenvalue weighted by atomic mass is 10.0. The zero-order valence-electron chi connectivity index (χ0n) is 6.84. The largest absolute Gasteiger partial charge is 0.261 e. The summed E-state index contributed by atoms with van der Waals surface area (Å²) < 4.78 is 12.6. The Morgan fingerprint density at radius 2 is 2.27 bits per heavy atom. The smallest absolute Gasteiger partial charge is 0.141 e. The Morgan fingerprint density at radius 3 is 2.82 bits per heavy atom. The highest BCUT2D eigenvalue weighted by molar-refractivity contribution is 5.14. The average molecular weight is 153 g/mol. The van der Waals surface area contributed by atoms with Crippen LogP contribution < -0.4 is 0 Å². The topological polar surface area (TPSA) is 12.9 Å². The summed E-state index contributed by atoms with van der Waals surface area (Å²) in [4.78, 5) is 3.78. The fourth-order valence-corrected chi connectivity index (χ4v) is 0.933. The van der Waals surface area contributed by atoms with Gasteiger partial charge in [0.05, 0.1) is 6.20 Å². The van der Waals surface area contributed by atoms with Crippen LogP contribution in [0.4, 0.5) is 4.39 Å². The molecule has 0 aliphatic carbocycles. The molecule has 0 aliphatic rings. The normalized spacial score (nSPS) is 13.0. The first kappa shape index (κ1) is 8.18. The van der Waals surface area contributed by atoms with Crippen LogP contribution in [0.25, 0.3) is 0 Å². The van der Waals surface area contributed by atoms with Crippen LogP contribution >= 0.6 is 0 Å². The maximum Gasteiger partial charge on any atom is 0.141 e. The third kappa shape index (κ3) is 2.00. The monoisotopic (exact) mass is 153 g/mol. The summed E-state index contributed by atoms with van der Waals surface area (Å²) >= 11 is 0. The van der Waals surface area contributed by atoms with E-state index in [1.165, 1.54) is 6.20 Å². The number of aromatic nitrogens is 1. The maximum atomic E-state index is 12.6. The summed E-state index contributed by atoms with van der Waals surface area (Å²) in [5, 5.41) is 0. The Labute approximate surface area is 66.3 Å². The third-order valence-electron chi connectivity index (χ3n) is 1.91. The van der Waals surface area contributed by atoms with Crippen molar-refractivity contribution in [1.29, 1.82) is 0 Å². The molecule has 0 fully saturated rings. The Bertz CT molecular complexity index is 235. The zero-order valence-corrected chi connectivity index (χ0v) is 6.84. The van der Waals surface area contributed by atoms with E-state index in [4.69, 9.17) is 0 Å². The third-order valence-corrected chi connectivity index (χ3v) is 1.91. The summed E-state index contributed by atoms with van der Waals surface area (Å²) in [7, 11) is 0. The Kier molecular flexibility index (Phi) is 2.58. The predicted octanol–water partition coefficient (Wildman–Crippen LogP) is 2.73. The van der Waals surface area contributed by atoms with Crippen molar-refractivity contribution in [2.45, 2.75) is 26.2 Å². The molecule has 60 valence electrons. The second-order valence-corrected chi connectivity index (χ2v) is 2.75. The quantitative estimate of drug-likeness (QED) is 0.636. The number of pyridine rings is 1. The van der Waals surface area contributed by atoms with E-state index in [0.717, 1.165) is 12.0 Å². The van der Waals surface area contributed by atoms with Gasteiger partial charge in [0, 0.05) is 6.20 Å². The zero-order chi connectivity index (χ0) is 8.27. The first-order chi connectivity index (χ1) is 5.24. The van der Waals surface area contributed by atoms with Gasteiger partial charge >= 0.3 is 0 Å². The van der Waals surface area contributed by atoms with Crippen molar-refractivity contribution in [2.24, 2.45) is 0 Å². The van der Waals surface area contributed by atoms with Gasteiger partial charge < -0.3 is 0 Å². The molecular weight excluding hydrogens is 141 g/mol. The van der Waals surface area contributed by atoms with E-state index in [0.29, 0.717) is 5.92 Å². The molecular formula is C9H12FN. The van der Waals surface area contributed by atoms with E-state index >= 15 is 0 Å². The Hall–Kier alpha value is -0.920. The lowest BCUT2D eigenvalue weighted by molar-refractivity contribution is 0.612. The van der Waals surface area contributed by atoms with E-state index in [9.17, 15) is 4.39 Å². The van der Waals surface area contributed by atoms with Crippen molar-refractivity contribution in [3.05, 3.63) is 29.8 Å². The van der Waals surface area contributed by atoms with Crippen molar-refractivity contribution < 1.29 is 4.39 Å². The van der Waals surface area contributed by atoms with Gasteiger partial charge in [-0.3, -0.25) is 4.98 Å². The van der Waals surface area contributed by atoms with Gasteiger partial charge in [-0.25, -0.2) is 4.39 Å². The number of hydrogen-bond donors (Lipinski definition) is 0. The highest BCUT2D eigenvalue weighted by Crippen LogP contribution is 2.17. The van der Waals surface area contributed by atoms with Crippen LogP contribution in [0, 0.1) is 5.82 Å². The van der Waals surface area contributed by atoms with Crippen LogP contribution in [0.15, 0.2) is 18.5 Å². The number of hydrogen-bond acceptors (Lipinski definition) is 1. The molecule has 0 radical (unpaired) electrons. The van der Waals surface area contributed by atoms with Crippen LogP contribution in [-0.2, 0) is 0 Å². The van der Waals surface area contributed by atoms with Crippen LogP contribution in [0.3, 0.4) is 0 Å². The molecule has 1 nitrogen and oxygen atoms in total. The second kappa shape index (κ2) is 3.46. The van der Waals surface area contributed by atoms with Gasteiger partial charge in [-0.05, 0) is 24.0 Å². The molecule has 0 saturated heterocycles. The fraction of sp³-hybridized carbons (Fsp3) is 0.444. The molecule has 0 bridgehead atoms. The van der Waals surface area contributed by atoms with Crippen LogP contribution in [0.2, 0.25) is 0 Å². The lowest BCUT2D eigenvalue weighted by Gasteiger charge is -2.06. The first-order valence-corrected chi connectivity index (χ1v) is 3.84. The molecule has 2 heteroatoms. The van der Waals surface area contributed by atoms with Crippen LogP contribution in [0.1, 0.15) is 31.7 Å². The maximum absolute atomic E-state index is 12.6. The van der Waals surface area contributed by atoms with E-state index in [1.54, 1.807) is 12.3 Å². The molecule has 0 unspecified atom stereocenters. The molecule has 1 aromatic rings.